The Balaban J connectivity index is 2.59. The Morgan fingerprint density at radius 3 is 1.26 bits per heavy atom. The van der Waals surface area contributed by atoms with Crippen molar-refractivity contribution in [2.24, 2.45) is 0 Å². The Morgan fingerprint density at radius 1 is 0.464 bits per heavy atom. The molecule has 6 N–H and O–H groups in total. The maximum Gasteiger partial charge on any atom is 0.306 e. The lowest BCUT2D eigenvalue weighted by molar-refractivity contribution is -0.305. The molecule has 11 nitrogen and oxygen atoms in total. The summed E-state index contributed by atoms with van der Waals surface area (Å²) in [5.74, 6) is -1.20. The zero-order valence-electron chi connectivity index (χ0n) is 54.3. The summed E-state index contributed by atoms with van der Waals surface area (Å²) in [6.07, 6.45) is 67.9. The Labute approximate surface area is 515 Å². The summed E-state index contributed by atoms with van der Waals surface area (Å²) >= 11 is 0. The maximum absolute atomic E-state index is 13.5. The molecule has 1 amide bonds. The molecule has 8 atom stereocenters. The molecule has 1 aliphatic rings. The van der Waals surface area contributed by atoms with Crippen LogP contribution in [-0.4, -0.2) is 99.6 Å². The molecule has 84 heavy (non-hydrogen) atoms. The molecule has 0 aliphatic carbocycles. The number of hydrogen-bond donors (Lipinski definition) is 6. The lowest BCUT2D eigenvalue weighted by Crippen LogP contribution is -2.61. The van der Waals surface area contributed by atoms with Crippen LogP contribution in [0.1, 0.15) is 316 Å². The van der Waals surface area contributed by atoms with Crippen LogP contribution in [-0.2, 0) is 23.8 Å². The van der Waals surface area contributed by atoms with Crippen LogP contribution in [0.3, 0.4) is 0 Å². The molecule has 0 aromatic heterocycles. The van der Waals surface area contributed by atoms with Crippen LogP contribution in [0.15, 0.2) is 72.9 Å². The van der Waals surface area contributed by atoms with Crippen LogP contribution in [0.4, 0.5) is 0 Å². The van der Waals surface area contributed by atoms with E-state index in [0.717, 1.165) is 96.3 Å². The summed E-state index contributed by atoms with van der Waals surface area (Å²) in [4.78, 5) is 26.7. The van der Waals surface area contributed by atoms with Gasteiger partial charge in [-0.2, -0.15) is 0 Å². The van der Waals surface area contributed by atoms with E-state index in [4.69, 9.17) is 14.2 Å². The van der Waals surface area contributed by atoms with Crippen molar-refractivity contribution in [2.75, 3.05) is 13.2 Å². The van der Waals surface area contributed by atoms with Crippen LogP contribution in [0.2, 0.25) is 0 Å². The zero-order valence-corrected chi connectivity index (χ0v) is 54.3. The van der Waals surface area contributed by atoms with Crippen LogP contribution >= 0.6 is 0 Å². The standard InChI is InChI=1S/C73H131NO10/c1-4-7-10-13-16-19-22-25-27-29-31-32-33-34-35-36-37-39-41-43-46-49-52-55-58-61-68(78)84-71-70(80)69(79)67(62-75)83-73(71)82-63-64(65(76)59-56-53-50-47-44-24-21-18-15-12-9-6-3)74-72(81)66(77)60-57-54-51-48-45-42-40-38-30-28-26-23-20-17-14-11-8-5-2/h16,19,25-28,31-32,34-35,56,59,64-67,69-71,73,75-77,79-80H,4-15,17-18,20-24,29-30,33,36-55,57-58,60-63H2,1-3H3,(H,74,81)/b19-16-,27-25-,28-26+,32-31-,35-34-,59-56+. The van der Waals surface area contributed by atoms with E-state index >= 15 is 0 Å². The molecule has 0 spiro atoms. The molecule has 488 valence electrons. The summed E-state index contributed by atoms with van der Waals surface area (Å²) in [5, 5.41) is 57.2. The summed E-state index contributed by atoms with van der Waals surface area (Å²) in [6, 6.07) is -1.03. The molecular weight excluding hydrogens is 1050 g/mol. The fourth-order valence-electron chi connectivity index (χ4n) is 10.7. The molecule has 1 aliphatic heterocycles. The second-order valence-electron chi connectivity index (χ2n) is 24.3. The Morgan fingerprint density at radius 2 is 0.821 bits per heavy atom. The van der Waals surface area contributed by atoms with E-state index in [1.165, 1.54) is 173 Å². The predicted molar refractivity (Wildman–Crippen MR) is 352 cm³/mol. The molecule has 0 aromatic carbocycles. The minimum Gasteiger partial charge on any atom is -0.454 e. The number of aliphatic hydroxyl groups is 5. The summed E-state index contributed by atoms with van der Waals surface area (Å²) in [6.45, 7) is 5.78. The molecule has 1 rings (SSSR count). The second kappa shape index (κ2) is 60.4. The first kappa shape index (κ1) is 79.1. The SMILES string of the molecule is CCCCC/C=C\C/C=C\C/C=C\C/C=C\CCCCCCCCCCCC(=O)OC1C(OCC(NC(=O)C(O)CCCCCCCCCC/C=C/CCCCCCCC)C(O)/C=C/CCCCCCCCCCCC)OC(CO)C(O)C1O. The number of amides is 1. The predicted octanol–water partition coefficient (Wildman–Crippen LogP) is 17.9. The second-order valence-corrected chi connectivity index (χ2v) is 24.3. The van der Waals surface area contributed by atoms with Gasteiger partial charge in [-0.3, -0.25) is 9.59 Å². The highest BCUT2D eigenvalue weighted by atomic mass is 16.7. The van der Waals surface area contributed by atoms with E-state index in [9.17, 15) is 35.1 Å². The molecule has 1 heterocycles. The van der Waals surface area contributed by atoms with Crippen molar-refractivity contribution in [1.29, 1.82) is 0 Å². The highest BCUT2D eigenvalue weighted by molar-refractivity contribution is 5.80. The highest BCUT2D eigenvalue weighted by Crippen LogP contribution is 2.26. The van der Waals surface area contributed by atoms with Crippen LogP contribution in [0.5, 0.6) is 0 Å². The minimum absolute atomic E-state index is 0.115. The fourth-order valence-corrected chi connectivity index (χ4v) is 10.7. The van der Waals surface area contributed by atoms with Gasteiger partial charge < -0.3 is 45.1 Å². The number of allylic oxidation sites excluding steroid dienone is 11. The monoisotopic (exact) mass is 1180 g/mol. The van der Waals surface area contributed by atoms with Gasteiger partial charge in [-0.1, -0.05) is 286 Å². The van der Waals surface area contributed by atoms with Gasteiger partial charge in [0.05, 0.1) is 25.4 Å². The topological polar surface area (TPSA) is 175 Å². The summed E-state index contributed by atoms with van der Waals surface area (Å²) in [7, 11) is 0. The lowest BCUT2D eigenvalue weighted by atomic mass is 9.99. The number of carbonyl (C=O) groups is 2. The van der Waals surface area contributed by atoms with Gasteiger partial charge in [0, 0.05) is 6.42 Å². The molecule has 0 bridgehead atoms. The van der Waals surface area contributed by atoms with Gasteiger partial charge in [-0.25, -0.2) is 0 Å². The fraction of sp³-hybridized carbons (Fsp3) is 0.808. The molecule has 1 saturated heterocycles. The number of rotatable bonds is 60. The number of carbonyl (C=O) groups excluding carboxylic acids is 2. The van der Waals surface area contributed by atoms with E-state index < -0.39 is 67.4 Å². The van der Waals surface area contributed by atoms with Gasteiger partial charge in [0.15, 0.2) is 12.4 Å². The first-order valence-corrected chi connectivity index (χ1v) is 35.2. The normalized spacial score (nSPS) is 18.9. The van der Waals surface area contributed by atoms with E-state index in [2.05, 4.69) is 86.8 Å². The molecular formula is C73H131NO10. The Hall–Kier alpha value is -2.90. The number of unbranched alkanes of at least 4 members (excludes halogenated alkanes) is 36. The first-order chi connectivity index (χ1) is 41.2. The largest absolute Gasteiger partial charge is 0.454 e. The van der Waals surface area contributed by atoms with Crippen molar-refractivity contribution in [3.63, 3.8) is 0 Å². The van der Waals surface area contributed by atoms with E-state index in [1.807, 2.05) is 6.08 Å². The van der Waals surface area contributed by atoms with Crippen molar-refractivity contribution in [2.45, 2.75) is 365 Å². The number of hydrogen-bond acceptors (Lipinski definition) is 10. The van der Waals surface area contributed by atoms with Crippen LogP contribution in [0.25, 0.3) is 0 Å². The Kier molecular flexibility index (Phi) is 56.9. The van der Waals surface area contributed by atoms with Gasteiger partial charge in [0.1, 0.15) is 24.4 Å². The molecule has 1 fully saturated rings. The third-order valence-corrected chi connectivity index (χ3v) is 16.3. The van der Waals surface area contributed by atoms with Gasteiger partial charge in [-0.15, -0.1) is 0 Å². The van der Waals surface area contributed by atoms with Crippen molar-refractivity contribution in [3.05, 3.63) is 72.9 Å². The number of nitrogens with one attached hydrogen (secondary N) is 1. The zero-order chi connectivity index (χ0) is 61.0. The smallest absolute Gasteiger partial charge is 0.306 e. The molecule has 8 unspecified atom stereocenters. The minimum atomic E-state index is -1.62. The number of ether oxygens (including phenoxy) is 3. The highest BCUT2D eigenvalue weighted by Gasteiger charge is 2.47. The van der Waals surface area contributed by atoms with Gasteiger partial charge >= 0.3 is 5.97 Å². The van der Waals surface area contributed by atoms with Gasteiger partial charge in [0.25, 0.3) is 0 Å². The van der Waals surface area contributed by atoms with Crippen molar-refractivity contribution in [3.8, 4) is 0 Å². The third kappa shape index (κ3) is 47.2. The average molecular weight is 1180 g/mol. The quantitative estimate of drug-likeness (QED) is 0.0195. The van der Waals surface area contributed by atoms with Gasteiger partial charge in [0.2, 0.25) is 5.91 Å². The van der Waals surface area contributed by atoms with Crippen molar-refractivity contribution < 1.29 is 49.3 Å². The summed E-state index contributed by atoms with van der Waals surface area (Å²) < 4.78 is 17.7. The molecule has 0 radical (unpaired) electrons. The maximum atomic E-state index is 13.5. The lowest BCUT2D eigenvalue weighted by Gasteiger charge is -2.41. The Bertz CT molecular complexity index is 1640. The van der Waals surface area contributed by atoms with Crippen LogP contribution < -0.4 is 5.32 Å². The van der Waals surface area contributed by atoms with Crippen molar-refractivity contribution in [1.82, 2.24) is 5.32 Å². The number of aliphatic hydroxyl groups excluding tert-OH is 5. The average Bonchev–Trinajstić information content (AvgIpc) is 3.69. The van der Waals surface area contributed by atoms with E-state index in [-0.39, 0.29) is 19.4 Å². The molecule has 11 heteroatoms. The summed E-state index contributed by atoms with van der Waals surface area (Å²) in [5.41, 5.74) is 0. The number of esters is 1. The third-order valence-electron chi connectivity index (χ3n) is 16.3. The van der Waals surface area contributed by atoms with Crippen LogP contribution in [0, 0.1) is 0 Å². The van der Waals surface area contributed by atoms with E-state index in [1.54, 1.807) is 6.08 Å². The molecule has 0 saturated carbocycles. The van der Waals surface area contributed by atoms with Gasteiger partial charge in [-0.05, 0) is 96.3 Å². The van der Waals surface area contributed by atoms with Crippen molar-refractivity contribution >= 4 is 11.9 Å². The molecule has 0 aromatic rings. The first-order valence-electron chi connectivity index (χ1n) is 35.2. The van der Waals surface area contributed by atoms with E-state index in [0.29, 0.717) is 12.8 Å².